The van der Waals surface area contributed by atoms with Crippen LogP contribution in [-0.4, -0.2) is 33.3 Å². The Balaban J connectivity index is 2.44. The highest BCUT2D eigenvalue weighted by atomic mass is 16.4. The summed E-state index contributed by atoms with van der Waals surface area (Å²) < 4.78 is 1.71. The zero-order chi connectivity index (χ0) is 15.2. The average molecular weight is 281 g/mol. The Kier molecular flexibility index (Phi) is 5.73. The van der Waals surface area contributed by atoms with E-state index in [-0.39, 0.29) is 12.3 Å². The minimum Gasteiger partial charge on any atom is -0.481 e. The van der Waals surface area contributed by atoms with Gasteiger partial charge < -0.3 is 10.4 Å². The fraction of sp³-hybridized carbons (Fsp3) is 0.643. The van der Waals surface area contributed by atoms with Crippen LogP contribution >= 0.6 is 0 Å². The summed E-state index contributed by atoms with van der Waals surface area (Å²) in [6, 6.07) is 0. The standard InChI is InChI=1S/C14H23N3O3/c1-4-14(5-2,13(19)20)8-12(18)15-7-6-11-9-16-17(3)10-11/h9-10H,4-8H2,1-3H3,(H,15,18)(H,19,20). The van der Waals surface area contributed by atoms with E-state index in [9.17, 15) is 14.7 Å². The van der Waals surface area contributed by atoms with E-state index in [1.807, 2.05) is 13.2 Å². The third-order valence-electron chi connectivity index (χ3n) is 3.80. The van der Waals surface area contributed by atoms with Gasteiger partial charge in [-0.25, -0.2) is 0 Å². The van der Waals surface area contributed by atoms with Crippen molar-refractivity contribution >= 4 is 11.9 Å². The lowest BCUT2D eigenvalue weighted by atomic mass is 9.79. The lowest BCUT2D eigenvalue weighted by Gasteiger charge is -2.25. The van der Waals surface area contributed by atoms with Crippen molar-refractivity contribution < 1.29 is 14.7 Å². The van der Waals surface area contributed by atoms with Crippen molar-refractivity contribution in [3.8, 4) is 0 Å². The molecule has 0 spiro atoms. The van der Waals surface area contributed by atoms with Crippen LogP contribution in [0.4, 0.5) is 0 Å². The van der Waals surface area contributed by atoms with Gasteiger partial charge in [-0.05, 0) is 24.8 Å². The molecule has 112 valence electrons. The summed E-state index contributed by atoms with van der Waals surface area (Å²) in [5.74, 6) is -1.11. The number of carboxylic acid groups (broad SMARTS) is 1. The molecule has 0 radical (unpaired) electrons. The van der Waals surface area contributed by atoms with E-state index in [1.165, 1.54) is 0 Å². The smallest absolute Gasteiger partial charge is 0.310 e. The van der Waals surface area contributed by atoms with Crippen molar-refractivity contribution in [1.29, 1.82) is 0 Å². The molecule has 6 nitrogen and oxygen atoms in total. The molecule has 2 N–H and O–H groups in total. The molecule has 0 saturated carbocycles. The van der Waals surface area contributed by atoms with E-state index >= 15 is 0 Å². The third kappa shape index (κ3) is 4.08. The first-order chi connectivity index (χ1) is 9.43. The van der Waals surface area contributed by atoms with Crippen LogP contribution in [-0.2, 0) is 23.1 Å². The van der Waals surface area contributed by atoms with Crippen LogP contribution in [0.5, 0.6) is 0 Å². The third-order valence-corrected chi connectivity index (χ3v) is 3.80. The average Bonchev–Trinajstić information content (AvgIpc) is 2.81. The Labute approximate surface area is 119 Å². The predicted octanol–water partition coefficient (Wildman–Crippen LogP) is 1.36. The fourth-order valence-electron chi connectivity index (χ4n) is 2.20. The zero-order valence-electron chi connectivity index (χ0n) is 12.3. The summed E-state index contributed by atoms with van der Waals surface area (Å²) in [6.07, 6.45) is 5.28. The van der Waals surface area contributed by atoms with Crippen molar-refractivity contribution in [1.82, 2.24) is 15.1 Å². The first kappa shape index (κ1) is 16.2. The first-order valence-corrected chi connectivity index (χ1v) is 6.91. The molecule has 0 aliphatic rings. The van der Waals surface area contributed by atoms with Crippen LogP contribution in [0.2, 0.25) is 0 Å². The minimum absolute atomic E-state index is 0.0301. The molecule has 0 atom stereocenters. The lowest BCUT2D eigenvalue weighted by Crippen LogP contribution is -2.37. The highest BCUT2D eigenvalue weighted by Gasteiger charge is 2.36. The Hall–Kier alpha value is -1.85. The van der Waals surface area contributed by atoms with E-state index in [4.69, 9.17) is 0 Å². The van der Waals surface area contributed by atoms with Crippen molar-refractivity contribution in [2.45, 2.75) is 39.5 Å². The molecule has 1 rings (SSSR count). The second-order valence-electron chi connectivity index (χ2n) is 5.09. The van der Waals surface area contributed by atoms with Crippen LogP contribution in [0.1, 0.15) is 38.7 Å². The van der Waals surface area contributed by atoms with Crippen LogP contribution in [0.15, 0.2) is 12.4 Å². The second-order valence-corrected chi connectivity index (χ2v) is 5.09. The molecule has 0 fully saturated rings. The Morgan fingerprint density at radius 3 is 2.50 bits per heavy atom. The number of aryl methyl sites for hydroxylation is 1. The Morgan fingerprint density at radius 1 is 1.40 bits per heavy atom. The second kappa shape index (κ2) is 7.07. The number of nitrogens with one attached hydrogen (secondary N) is 1. The fourth-order valence-corrected chi connectivity index (χ4v) is 2.20. The Bertz CT molecular complexity index is 464. The van der Waals surface area contributed by atoms with Crippen LogP contribution in [0, 0.1) is 5.41 Å². The van der Waals surface area contributed by atoms with E-state index < -0.39 is 11.4 Å². The summed E-state index contributed by atoms with van der Waals surface area (Å²) in [7, 11) is 1.84. The number of aliphatic carboxylic acids is 1. The van der Waals surface area contributed by atoms with Crippen molar-refractivity contribution in [3.05, 3.63) is 18.0 Å². The number of carbonyl (C=O) groups excluding carboxylic acids is 1. The molecule has 1 aromatic heterocycles. The molecule has 0 saturated heterocycles. The number of hydrogen-bond acceptors (Lipinski definition) is 3. The van der Waals surface area contributed by atoms with Gasteiger partial charge >= 0.3 is 5.97 Å². The van der Waals surface area contributed by atoms with E-state index in [0.717, 1.165) is 5.56 Å². The first-order valence-electron chi connectivity index (χ1n) is 6.91. The van der Waals surface area contributed by atoms with Crippen LogP contribution in [0.25, 0.3) is 0 Å². The van der Waals surface area contributed by atoms with Gasteiger partial charge in [0.1, 0.15) is 0 Å². The quantitative estimate of drug-likeness (QED) is 0.753. The van der Waals surface area contributed by atoms with Crippen molar-refractivity contribution in [2.24, 2.45) is 12.5 Å². The summed E-state index contributed by atoms with van der Waals surface area (Å²) in [4.78, 5) is 23.2. The van der Waals surface area contributed by atoms with E-state index in [1.54, 1.807) is 24.7 Å². The summed E-state index contributed by atoms with van der Waals surface area (Å²) in [5.41, 5.74) is 0.0987. The number of amides is 1. The summed E-state index contributed by atoms with van der Waals surface area (Å²) >= 11 is 0. The molecule has 0 aliphatic heterocycles. The van der Waals surface area contributed by atoms with E-state index in [2.05, 4.69) is 10.4 Å². The maximum absolute atomic E-state index is 11.9. The predicted molar refractivity (Wildman–Crippen MR) is 75.2 cm³/mol. The minimum atomic E-state index is -0.946. The maximum Gasteiger partial charge on any atom is 0.310 e. The van der Waals surface area contributed by atoms with Gasteiger partial charge in [-0.15, -0.1) is 0 Å². The zero-order valence-corrected chi connectivity index (χ0v) is 12.3. The Morgan fingerprint density at radius 2 is 2.05 bits per heavy atom. The lowest BCUT2D eigenvalue weighted by molar-refractivity contribution is -0.152. The molecule has 6 heteroatoms. The molecule has 0 unspecified atom stereocenters. The molecule has 1 heterocycles. The number of rotatable bonds is 8. The van der Waals surface area contributed by atoms with Gasteiger partial charge in [0.05, 0.1) is 11.6 Å². The largest absolute Gasteiger partial charge is 0.481 e. The summed E-state index contributed by atoms with van der Waals surface area (Å²) in [6.45, 7) is 4.11. The molecule has 0 aromatic carbocycles. The van der Waals surface area contributed by atoms with Crippen LogP contribution in [0.3, 0.4) is 0 Å². The van der Waals surface area contributed by atoms with Gasteiger partial charge in [0.25, 0.3) is 0 Å². The van der Waals surface area contributed by atoms with Gasteiger partial charge in [0.15, 0.2) is 0 Å². The number of aromatic nitrogens is 2. The molecule has 0 aliphatic carbocycles. The molecule has 20 heavy (non-hydrogen) atoms. The SMILES string of the molecule is CCC(CC)(CC(=O)NCCc1cnn(C)c1)C(=O)O. The van der Waals surface area contributed by atoms with Crippen molar-refractivity contribution in [2.75, 3.05) is 6.54 Å². The maximum atomic E-state index is 11.9. The summed E-state index contributed by atoms with van der Waals surface area (Å²) in [5, 5.41) is 16.1. The van der Waals surface area contributed by atoms with E-state index in [0.29, 0.717) is 25.8 Å². The number of nitrogens with zero attached hydrogens (tertiary/aromatic N) is 2. The number of carboxylic acids is 1. The van der Waals surface area contributed by atoms with Gasteiger partial charge in [0, 0.05) is 26.2 Å². The van der Waals surface area contributed by atoms with Crippen LogP contribution < -0.4 is 5.32 Å². The molecular weight excluding hydrogens is 258 g/mol. The monoisotopic (exact) mass is 281 g/mol. The van der Waals surface area contributed by atoms with Crippen molar-refractivity contribution in [3.63, 3.8) is 0 Å². The van der Waals surface area contributed by atoms with Gasteiger partial charge in [-0.2, -0.15) is 5.10 Å². The van der Waals surface area contributed by atoms with Gasteiger partial charge in [-0.1, -0.05) is 13.8 Å². The highest BCUT2D eigenvalue weighted by Crippen LogP contribution is 2.30. The number of hydrogen-bond donors (Lipinski definition) is 2. The molecule has 0 bridgehead atoms. The molecular formula is C14H23N3O3. The highest BCUT2D eigenvalue weighted by molar-refractivity contribution is 5.84. The normalized spacial score (nSPS) is 11.3. The number of carbonyl (C=O) groups is 2. The topological polar surface area (TPSA) is 84.2 Å². The molecule has 1 amide bonds. The van der Waals surface area contributed by atoms with Gasteiger partial charge in [-0.3, -0.25) is 14.3 Å². The van der Waals surface area contributed by atoms with Gasteiger partial charge in [0.2, 0.25) is 5.91 Å². The molecule has 1 aromatic rings.